The zero-order valence-electron chi connectivity index (χ0n) is 56.0. The first-order valence-electron chi connectivity index (χ1n) is 31.9. The fourth-order valence-corrected chi connectivity index (χ4v) is 12.8. The number of methoxy groups -OCH3 is 2. The topological polar surface area (TPSA) is 252 Å². The Kier molecular flexibility index (Phi) is 19.7. The summed E-state index contributed by atoms with van der Waals surface area (Å²) in [6.45, 7) is 1.05. The lowest BCUT2D eigenvalue weighted by molar-refractivity contribution is 0.0694. The quantitative estimate of drug-likeness (QED) is 0.0661. The molecule has 3 aliphatic heterocycles. The third-order valence-electron chi connectivity index (χ3n) is 17.8. The lowest BCUT2D eigenvalue weighted by Gasteiger charge is -2.17. The number of hydrogen-bond acceptors (Lipinski definition) is 14. The van der Waals surface area contributed by atoms with Gasteiger partial charge in [-0.1, -0.05) is 60.7 Å². The molecule has 4 N–H and O–H groups in total. The minimum absolute atomic E-state index is 0.0444. The molecule has 0 spiro atoms. The maximum absolute atomic E-state index is 13.4. The molecule has 0 aliphatic carbocycles. The average molecular weight is 1370 g/mol. The molecule has 0 bridgehead atoms. The second-order valence-corrected chi connectivity index (χ2v) is 24.5. The van der Waals surface area contributed by atoms with Gasteiger partial charge in [0.25, 0.3) is 29.5 Å². The SMILES string of the molecule is CNC(=O)c1c2c(c(O)c3ncc(Cc4ccc(F)cc4)cc13)C(=O)N(C)C2.CNC(=O)c1c2c(c(OCc3ccc(OC)cc3)c3ncc(Cc4ccc(F)cc4)cc13)C(=O)N(C)C2.COc1ccc(COc2c3c(c(C(=O)O)c4cc(Cc5ccc(F)cc5)cnc24)CN(C)C3=O)cc1. The van der Waals surface area contributed by atoms with Crippen LogP contribution in [0.4, 0.5) is 13.2 Å². The molecular weight excluding hydrogens is 1300 g/mol. The number of benzene rings is 8. The number of aromatic hydroxyl groups is 1. The summed E-state index contributed by atoms with van der Waals surface area (Å²) >= 11 is 0. The van der Waals surface area contributed by atoms with Gasteiger partial charge in [0.1, 0.15) is 58.7 Å². The van der Waals surface area contributed by atoms with Crippen LogP contribution in [-0.4, -0.2) is 125 Å². The summed E-state index contributed by atoms with van der Waals surface area (Å²) in [4.78, 5) is 94.9. The highest BCUT2D eigenvalue weighted by Crippen LogP contribution is 2.44. The van der Waals surface area contributed by atoms with Gasteiger partial charge in [-0.15, -0.1) is 0 Å². The Balaban J connectivity index is 0.000000145. The first-order chi connectivity index (χ1) is 48.6. The van der Waals surface area contributed by atoms with Crippen molar-refractivity contribution in [2.45, 2.75) is 52.1 Å². The summed E-state index contributed by atoms with van der Waals surface area (Å²) < 4.78 is 62.7. The summed E-state index contributed by atoms with van der Waals surface area (Å²) in [6, 6.07) is 38.8. The van der Waals surface area contributed by atoms with Gasteiger partial charge in [0.05, 0.1) is 47.6 Å². The van der Waals surface area contributed by atoms with Gasteiger partial charge in [0, 0.05) is 106 Å². The fourth-order valence-electron chi connectivity index (χ4n) is 12.8. The lowest BCUT2D eigenvalue weighted by Crippen LogP contribution is -2.21. The predicted molar refractivity (Wildman–Crippen MR) is 370 cm³/mol. The number of nitrogens with one attached hydrogen (secondary N) is 2. The van der Waals surface area contributed by atoms with Gasteiger partial charge in [-0.3, -0.25) is 38.9 Å². The van der Waals surface area contributed by atoms with Crippen LogP contribution in [0.5, 0.6) is 28.7 Å². The highest BCUT2D eigenvalue weighted by atomic mass is 19.1. The average Bonchev–Trinajstić information content (AvgIpc) is 1.64. The molecule has 6 heterocycles. The first-order valence-corrected chi connectivity index (χ1v) is 31.9. The number of carbonyl (C=O) groups excluding carboxylic acids is 5. The van der Waals surface area contributed by atoms with Crippen LogP contribution in [-0.2, 0) is 52.1 Å². The summed E-state index contributed by atoms with van der Waals surface area (Å²) in [7, 11) is 11.2. The van der Waals surface area contributed by atoms with Crippen LogP contribution in [0.15, 0.2) is 158 Å². The van der Waals surface area contributed by atoms with Gasteiger partial charge >= 0.3 is 5.97 Å². The number of phenols is 1. The van der Waals surface area contributed by atoms with Crippen LogP contribution in [0.25, 0.3) is 32.7 Å². The molecule has 101 heavy (non-hydrogen) atoms. The number of nitrogens with zero attached hydrogens (tertiary/aromatic N) is 6. The van der Waals surface area contributed by atoms with E-state index >= 15 is 0 Å². The molecule has 3 aliphatic rings. The van der Waals surface area contributed by atoms with E-state index in [1.165, 1.54) is 53.2 Å². The molecule has 14 rings (SSSR count). The van der Waals surface area contributed by atoms with E-state index < -0.39 is 5.97 Å². The van der Waals surface area contributed by atoms with Crippen LogP contribution < -0.4 is 29.6 Å². The highest BCUT2D eigenvalue weighted by molar-refractivity contribution is 6.18. The van der Waals surface area contributed by atoms with Crippen LogP contribution in [0.2, 0.25) is 0 Å². The molecule has 23 heteroatoms. The Morgan fingerprint density at radius 1 is 0.446 bits per heavy atom. The number of carbonyl (C=O) groups is 6. The molecule has 0 unspecified atom stereocenters. The van der Waals surface area contributed by atoms with E-state index in [1.807, 2.05) is 54.6 Å². The molecular formula is C78H67F3N8O12. The maximum atomic E-state index is 13.4. The van der Waals surface area contributed by atoms with Crippen LogP contribution in [0, 0.1) is 17.5 Å². The van der Waals surface area contributed by atoms with Crippen molar-refractivity contribution >= 4 is 68.2 Å². The number of ether oxygens (including phenoxy) is 4. The molecule has 3 aromatic heterocycles. The summed E-state index contributed by atoms with van der Waals surface area (Å²) in [5, 5.41) is 27.6. The van der Waals surface area contributed by atoms with E-state index in [0.717, 1.165) is 50.3 Å². The van der Waals surface area contributed by atoms with E-state index in [-0.39, 0.29) is 114 Å². The van der Waals surface area contributed by atoms with Crippen LogP contribution in [0.3, 0.4) is 0 Å². The third-order valence-corrected chi connectivity index (χ3v) is 17.8. The summed E-state index contributed by atoms with van der Waals surface area (Å²) in [5.41, 5.74) is 10.8. The van der Waals surface area contributed by atoms with Crippen LogP contribution in [0.1, 0.15) is 123 Å². The first kappa shape index (κ1) is 68.5. The molecule has 512 valence electrons. The van der Waals surface area contributed by atoms with Crippen molar-refractivity contribution in [2.24, 2.45) is 0 Å². The summed E-state index contributed by atoms with van der Waals surface area (Å²) in [5.74, 6) is -1.72. The standard InChI is InChI=1S/C29H26FN3O4.C28H23FN2O5.C21H18FN3O3/c1-31-28(34)24-22-13-19(12-17-4-8-20(30)9-5-17)14-32-26(22)27(25-23(24)15-33(2)29(25)35)37-16-18-6-10-21(36-3)11-7-18;1-31-14-22-23(28(33)34)21-12-18(11-16-3-7-19(29)8-4-16)13-30-25(21)26(24(22)27(31)32)36-15-17-5-9-20(35-2)10-6-17;1-23-20(27)16-14-8-12(7-11-3-5-13(22)6-4-11)9-24-18(14)19(26)17-15(16)10-25(2)21(17)28/h4-11,13-14H,12,15-16H2,1-3H3,(H,31,34);3-10,12-13H,11,14-15H2,1-2H3,(H,33,34);3-6,8-9,26H,7,10H2,1-2H3,(H,23,27). The van der Waals surface area contributed by atoms with Gasteiger partial charge in [-0.05, 0) is 143 Å². The smallest absolute Gasteiger partial charge is 0.336 e. The van der Waals surface area contributed by atoms with Crippen molar-refractivity contribution in [3.05, 3.63) is 270 Å². The van der Waals surface area contributed by atoms with Gasteiger partial charge in [-0.2, -0.15) is 0 Å². The Morgan fingerprint density at radius 3 is 1.10 bits per heavy atom. The number of carboxylic acid groups (broad SMARTS) is 1. The summed E-state index contributed by atoms with van der Waals surface area (Å²) in [6.07, 6.45) is 6.37. The van der Waals surface area contributed by atoms with Crippen molar-refractivity contribution in [2.75, 3.05) is 49.5 Å². The molecule has 0 radical (unpaired) electrons. The molecule has 0 atom stereocenters. The number of rotatable bonds is 17. The zero-order valence-corrected chi connectivity index (χ0v) is 56.0. The molecule has 8 aromatic carbocycles. The number of amides is 5. The zero-order chi connectivity index (χ0) is 71.5. The minimum atomic E-state index is -1.14. The Morgan fingerprint density at radius 2 is 0.752 bits per heavy atom. The van der Waals surface area contributed by atoms with Gasteiger partial charge in [0.15, 0.2) is 17.2 Å². The Hall–Kier alpha value is -12.4. The molecule has 20 nitrogen and oxygen atoms in total. The largest absolute Gasteiger partial charge is 0.505 e. The second kappa shape index (κ2) is 29.0. The number of halogens is 3. The molecule has 0 fully saturated rings. The van der Waals surface area contributed by atoms with Crippen molar-refractivity contribution in [1.82, 2.24) is 40.3 Å². The van der Waals surface area contributed by atoms with E-state index in [0.29, 0.717) is 91.3 Å². The predicted octanol–water partition coefficient (Wildman–Crippen LogP) is 11.9. The van der Waals surface area contributed by atoms with Gasteiger partial charge in [-0.25, -0.2) is 18.0 Å². The van der Waals surface area contributed by atoms with E-state index in [2.05, 4.69) is 25.6 Å². The number of aromatic nitrogens is 3. The fraction of sp³-hybridized carbons (Fsp3) is 0.192. The molecule has 5 amide bonds. The van der Waals surface area contributed by atoms with Gasteiger partial charge < -0.3 is 54.5 Å². The lowest BCUT2D eigenvalue weighted by atomic mass is 9.94. The van der Waals surface area contributed by atoms with Gasteiger partial charge in [0.2, 0.25) is 0 Å². The molecule has 0 saturated carbocycles. The minimum Gasteiger partial charge on any atom is -0.505 e. The number of phenolic OH excluding ortho intramolecular Hbond substituents is 1. The number of aromatic carboxylic acids is 1. The van der Waals surface area contributed by atoms with E-state index in [1.54, 1.807) is 114 Å². The third kappa shape index (κ3) is 13.9. The normalized spacial score (nSPS) is 12.7. The van der Waals surface area contributed by atoms with Crippen molar-refractivity contribution in [3.8, 4) is 28.7 Å². The highest BCUT2D eigenvalue weighted by Gasteiger charge is 2.39. The van der Waals surface area contributed by atoms with Crippen molar-refractivity contribution in [3.63, 3.8) is 0 Å². The molecule has 11 aromatic rings. The second-order valence-electron chi connectivity index (χ2n) is 24.5. The van der Waals surface area contributed by atoms with Crippen molar-refractivity contribution < 1.29 is 71.1 Å². The monoisotopic (exact) mass is 1360 g/mol. The van der Waals surface area contributed by atoms with Crippen LogP contribution >= 0.6 is 0 Å². The maximum Gasteiger partial charge on any atom is 0.336 e. The Labute approximate surface area is 577 Å². The Bertz CT molecular complexity index is 5120. The molecule has 0 saturated heterocycles. The van der Waals surface area contributed by atoms with Crippen molar-refractivity contribution in [1.29, 1.82) is 0 Å². The van der Waals surface area contributed by atoms with E-state index in [9.17, 15) is 52.2 Å². The van der Waals surface area contributed by atoms with E-state index in [4.69, 9.17) is 18.9 Å². The number of pyridine rings is 3. The number of carboxylic acids is 1. The number of fused-ring (bicyclic) bond motifs is 6. The number of hydrogen-bond donors (Lipinski definition) is 4.